The van der Waals surface area contributed by atoms with Gasteiger partial charge in [0.2, 0.25) is 5.95 Å². The number of rotatable bonds is 6. The van der Waals surface area contributed by atoms with Crippen LogP contribution in [-0.4, -0.2) is 68.2 Å². The molecular formula is C16H22N6O2. The molecule has 1 fully saturated rings. The first-order valence-electron chi connectivity index (χ1n) is 8.06. The fourth-order valence-corrected chi connectivity index (χ4v) is 2.83. The van der Waals surface area contributed by atoms with Crippen molar-refractivity contribution in [3.63, 3.8) is 0 Å². The topological polar surface area (TPSA) is 81.7 Å². The summed E-state index contributed by atoms with van der Waals surface area (Å²) < 4.78 is 0. The van der Waals surface area contributed by atoms with Gasteiger partial charge in [-0.15, -0.1) is 0 Å². The average Bonchev–Trinajstić information content (AvgIpc) is 2.61. The molecule has 2 heterocycles. The highest BCUT2D eigenvalue weighted by Crippen LogP contribution is 2.22. The van der Waals surface area contributed by atoms with Crippen molar-refractivity contribution in [2.75, 3.05) is 68.5 Å². The van der Waals surface area contributed by atoms with Crippen molar-refractivity contribution in [1.82, 2.24) is 14.9 Å². The fraction of sp³-hybridized carbons (Fsp3) is 0.500. The predicted molar refractivity (Wildman–Crippen MR) is 94.9 cm³/mol. The minimum Gasteiger partial charge on any atom is -0.379 e. The van der Waals surface area contributed by atoms with Crippen LogP contribution < -0.4 is 26.0 Å². The summed E-state index contributed by atoms with van der Waals surface area (Å²) in [5, 5.41) is 3.11. The molecule has 8 nitrogen and oxygen atoms in total. The number of aromatic nitrogens is 2. The zero-order chi connectivity index (χ0) is 17.1. The Morgan fingerprint density at radius 1 is 1.04 bits per heavy atom. The minimum absolute atomic E-state index is 0.383. The van der Waals surface area contributed by atoms with Gasteiger partial charge < -0.3 is 20.0 Å². The molecule has 0 bridgehead atoms. The van der Waals surface area contributed by atoms with Crippen LogP contribution in [0.5, 0.6) is 0 Å². The normalized spacial score (nSPS) is 15.3. The van der Waals surface area contributed by atoms with Gasteiger partial charge >= 0.3 is 0 Å². The van der Waals surface area contributed by atoms with Gasteiger partial charge in [-0.2, -0.15) is 0 Å². The summed E-state index contributed by atoms with van der Waals surface area (Å²) >= 11 is 0. The molecule has 0 atom stereocenters. The van der Waals surface area contributed by atoms with Crippen molar-refractivity contribution in [2.24, 2.45) is 0 Å². The first-order chi connectivity index (χ1) is 11.6. The lowest BCUT2D eigenvalue weighted by Crippen LogP contribution is -2.52. The third kappa shape index (κ3) is 3.23. The van der Waals surface area contributed by atoms with Gasteiger partial charge in [-0.05, 0) is 20.2 Å². The molecule has 1 aromatic heterocycles. The number of anilines is 3. The van der Waals surface area contributed by atoms with E-state index in [-0.39, 0.29) is 5.43 Å². The van der Waals surface area contributed by atoms with E-state index in [2.05, 4.69) is 20.2 Å². The van der Waals surface area contributed by atoms with Gasteiger partial charge in [0, 0.05) is 51.7 Å². The monoisotopic (exact) mass is 330 g/mol. The first kappa shape index (κ1) is 16.4. The SMILES string of the molecule is CN(C)CCNc1c(N2CCN(c3ncccn3)CC2)c(=O)c1=O. The first-order valence-corrected chi connectivity index (χ1v) is 8.06. The standard InChI is InChI=1S/C16H22N6O2/c1-20(2)7-6-17-12-13(15(24)14(12)23)21-8-10-22(11-9-21)16-18-4-3-5-19-16/h3-5,17H,6-11H2,1-2H3. The summed E-state index contributed by atoms with van der Waals surface area (Å²) in [4.78, 5) is 38.4. The molecule has 1 N–H and O–H groups in total. The number of hydrogen-bond donors (Lipinski definition) is 1. The quantitative estimate of drug-likeness (QED) is 0.702. The highest BCUT2D eigenvalue weighted by atomic mass is 16.2. The lowest BCUT2D eigenvalue weighted by Gasteiger charge is -2.37. The molecule has 1 aliphatic heterocycles. The van der Waals surface area contributed by atoms with E-state index in [0.717, 1.165) is 19.6 Å². The average molecular weight is 330 g/mol. The molecular weight excluding hydrogens is 308 g/mol. The van der Waals surface area contributed by atoms with Gasteiger partial charge in [0.05, 0.1) is 0 Å². The van der Waals surface area contributed by atoms with Gasteiger partial charge in [-0.3, -0.25) is 9.59 Å². The van der Waals surface area contributed by atoms with Crippen molar-refractivity contribution in [1.29, 1.82) is 0 Å². The third-order valence-corrected chi connectivity index (χ3v) is 4.18. The molecule has 3 rings (SSSR count). The molecule has 128 valence electrons. The van der Waals surface area contributed by atoms with Crippen LogP contribution in [0.1, 0.15) is 0 Å². The lowest BCUT2D eigenvalue weighted by molar-refractivity contribution is 0.425. The van der Waals surface area contributed by atoms with Crippen LogP contribution in [0.15, 0.2) is 28.0 Å². The molecule has 0 amide bonds. The van der Waals surface area contributed by atoms with E-state index in [9.17, 15) is 9.59 Å². The van der Waals surface area contributed by atoms with Gasteiger partial charge in [0.1, 0.15) is 11.4 Å². The second-order valence-electron chi connectivity index (χ2n) is 6.13. The van der Waals surface area contributed by atoms with Crippen LogP contribution in [0.4, 0.5) is 17.3 Å². The van der Waals surface area contributed by atoms with Gasteiger partial charge in [0.25, 0.3) is 10.9 Å². The minimum atomic E-state index is -0.405. The van der Waals surface area contributed by atoms with Crippen LogP contribution >= 0.6 is 0 Å². The summed E-state index contributed by atoms with van der Waals surface area (Å²) in [6.45, 7) is 4.23. The van der Waals surface area contributed by atoms with Crippen LogP contribution in [0.25, 0.3) is 0 Å². The van der Waals surface area contributed by atoms with E-state index in [0.29, 0.717) is 37.0 Å². The number of piperazine rings is 1. The fourth-order valence-electron chi connectivity index (χ4n) is 2.83. The van der Waals surface area contributed by atoms with Crippen LogP contribution in [0.2, 0.25) is 0 Å². The van der Waals surface area contributed by atoms with Crippen LogP contribution in [0, 0.1) is 0 Å². The Kier molecular flexibility index (Phi) is 4.75. The Bertz CT molecular complexity index is 746. The van der Waals surface area contributed by atoms with Crippen molar-refractivity contribution in [3.8, 4) is 0 Å². The zero-order valence-electron chi connectivity index (χ0n) is 14.0. The third-order valence-electron chi connectivity index (χ3n) is 4.18. The Morgan fingerprint density at radius 2 is 1.67 bits per heavy atom. The number of likely N-dealkylation sites (N-methyl/N-ethyl adjacent to an activating group) is 1. The molecule has 1 aromatic carbocycles. The van der Waals surface area contributed by atoms with E-state index in [4.69, 9.17) is 0 Å². The summed E-state index contributed by atoms with van der Waals surface area (Å²) in [6.07, 6.45) is 3.44. The molecule has 2 aromatic rings. The number of hydrogen-bond acceptors (Lipinski definition) is 8. The van der Waals surface area contributed by atoms with Crippen molar-refractivity contribution < 1.29 is 0 Å². The summed E-state index contributed by atoms with van der Waals surface area (Å²) in [5.74, 6) is 0.700. The number of nitrogens with zero attached hydrogens (tertiary/aromatic N) is 5. The summed E-state index contributed by atoms with van der Waals surface area (Å²) in [7, 11) is 3.94. The zero-order valence-corrected chi connectivity index (χ0v) is 14.0. The van der Waals surface area contributed by atoms with Crippen LogP contribution in [-0.2, 0) is 0 Å². The molecule has 1 saturated heterocycles. The Morgan fingerprint density at radius 3 is 2.29 bits per heavy atom. The van der Waals surface area contributed by atoms with E-state index in [1.807, 2.05) is 23.9 Å². The van der Waals surface area contributed by atoms with E-state index in [1.54, 1.807) is 18.5 Å². The molecule has 0 aliphatic carbocycles. The van der Waals surface area contributed by atoms with E-state index >= 15 is 0 Å². The van der Waals surface area contributed by atoms with Gasteiger partial charge in [-0.1, -0.05) is 0 Å². The molecule has 24 heavy (non-hydrogen) atoms. The van der Waals surface area contributed by atoms with Crippen molar-refractivity contribution in [2.45, 2.75) is 0 Å². The summed E-state index contributed by atoms with van der Waals surface area (Å²) in [6, 6.07) is 1.79. The molecule has 0 unspecified atom stereocenters. The van der Waals surface area contributed by atoms with Gasteiger partial charge in [0.15, 0.2) is 0 Å². The Balaban J connectivity index is 1.63. The second-order valence-corrected chi connectivity index (χ2v) is 6.13. The number of nitrogens with one attached hydrogen (secondary N) is 1. The maximum Gasteiger partial charge on any atom is 0.253 e. The molecule has 8 heteroatoms. The Labute approximate surface area is 140 Å². The van der Waals surface area contributed by atoms with Crippen LogP contribution in [0.3, 0.4) is 0 Å². The van der Waals surface area contributed by atoms with E-state index < -0.39 is 5.43 Å². The largest absolute Gasteiger partial charge is 0.379 e. The van der Waals surface area contributed by atoms with Crippen molar-refractivity contribution in [3.05, 3.63) is 38.9 Å². The maximum absolute atomic E-state index is 12.0. The second kappa shape index (κ2) is 6.96. The van der Waals surface area contributed by atoms with Gasteiger partial charge in [-0.25, -0.2) is 9.97 Å². The molecule has 0 spiro atoms. The predicted octanol–water partition coefficient (Wildman–Crippen LogP) is -0.627. The molecule has 0 saturated carbocycles. The highest BCUT2D eigenvalue weighted by Gasteiger charge is 2.28. The molecule has 0 radical (unpaired) electrons. The summed E-state index contributed by atoms with van der Waals surface area (Å²) in [5.41, 5.74) is 0.211. The van der Waals surface area contributed by atoms with Crippen molar-refractivity contribution >= 4 is 17.3 Å². The Hall–Kier alpha value is -2.48. The van der Waals surface area contributed by atoms with E-state index in [1.165, 1.54) is 0 Å². The maximum atomic E-state index is 12.0. The highest BCUT2D eigenvalue weighted by molar-refractivity contribution is 5.75. The molecule has 1 aliphatic rings. The smallest absolute Gasteiger partial charge is 0.253 e. The lowest BCUT2D eigenvalue weighted by atomic mass is 10.1.